The summed E-state index contributed by atoms with van der Waals surface area (Å²) in [4.78, 5) is 34.9. The first-order valence-electron chi connectivity index (χ1n) is 23.1. The van der Waals surface area contributed by atoms with Crippen molar-refractivity contribution < 1.29 is 37.6 Å². The molecule has 10 heteroatoms. The average molecular weight is 824 g/mol. The molecule has 0 aromatic carbocycles. The van der Waals surface area contributed by atoms with Crippen molar-refractivity contribution in [2.24, 2.45) is 5.73 Å². The summed E-state index contributed by atoms with van der Waals surface area (Å²) < 4.78 is 32.8. The molecule has 57 heavy (non-hydrogen) atoms. The van der Waals surface area contributed by atoms with Crippen LogP contribution in [-0.4, -0.2) is 49.3 Å². The zero-order chi connectivity index (χ0) is 41.8. The number of hydrogen-bond acceptors (Lipinski definition) is 8. The van der Waals surface area contributed by atoms with Crippen LogP contribution in [0.1, 0.15) is 206 Å². The molecule has 0 saturated heterocycles. The second-order valence-electron chi connectivity index (χ2n) is 15.2. The van der Waals surface area contributed by atoms with Crippen LogP contribution in [0, 0.1) is 0 Å². The van der Waals surface area contributed by atoms with Gasteiger partial charge in [-0.05, 0) is 51.4 Å². The molecule has 0 bridgehead atoms. The third-order valence-electron chi connectivity index (χ3n) is 9.73. The highest BCUT2D eigenvalue weighted by Crippen LogP contribution is 2.43. The number of nitrogens with two attached hydrogens (primary N) is 1. The molecule has 0 radical (unpaired) electrons. The highest BCUT2D eigenvalue weighted by atomic mass is 31.2. The van der Waals surface area contributed by atoms with Crippen molar-refractivity contribution >= 4 is 19.8 Å². The van der Waals surface area contributed by atoms with Crippen LogP contribution in [0.2, 0.25) is 0 Å². The van der Waals surface area contributed by atoms with E-state index < -0.39 is 32.5 Å². The molecule has 0 saturated carbocycles. The lowest BCUT2D eigenvalue weighted by Crippen LogP contribution is -2.29. The standard InChI is InChI=1S/C47H86NO8P/c1-3-5-7-9-11-13-15-17-19-20-21-22-23-24-26-27-29-31-33-35-37-39-46(49)53-43-45(44-55-57(51,52)54-42-41-48)56-47(50)40-38-36-34-32-30-28-25-18-16-14-12-10-8-6-4-2/h6,8,12,14,18,25,30,32,45H,3-5,7,9-11,13,15-17,19-24,26-29,31,33-44,48H2,1-2H3,(H,51,52)/b8-6+,14-12+,25-18+,32-30+/t45-/m0/s1. The fourth-order valence-electron chi connectivity index (χ4n) is 6.33. The van der Waals surface area contributed by atoms with Gasteiger partial charge in [0.1, 0.15) is 6.61 Å². The molecular weight excluding hydrogens is 737 g/mol. The summed E-state index contributed by atoms with van der Waals surface area (Å²) in [5.41, 5.74) is 5.35. The Balaban J connectivity index is 4.10. The van der Waals surface area contributed by atoms with E-state index in [1.54, 1.807) is 0 Å². The van der Waals surface area contributed by atoms with Gasteiger partial charge in [0, 0.05) is 19.4 Å². The second kappa shape index (κ2) is 43.5. The van der Waals surface area contributed by atoms with Gasteiger partial charge in [-0.25, -0.2) is 4.57 Å². The van der Waals surface area contributed by atoms with Crippen molar-refractivity contribution in [1.82, 2.24) is 0 Å². The Morgan fingerprint density at radius 3 is 1.44 bits per heavy atom. The van der Waals surface area contributed by atoms with Crippen molar-refractivity contribution in [2.75, 3.05) is 26.4 Å². The normalized spacial score (nSPS) is 13.7. The topological polar surface area (TPSA) is 134 Å². The quantitative estimate of drug-likeness (QED) is 0.0267. The number of phosphoric acid groups is 1. The predicted molar refractivity (Wildman–Crippen MR) is 238 cm³/mol. The van der Waals surface area contributed by atoms with E-state index in [0.717, 1.165) is 57.8 Å². The highest BCUT2D eigenvalue weighted by molar-refractivity contribution is 7.47. The van der Waals surface area contributed by atoms with E-state index in [-0.39, 0.29) is 32.6 Å². The monoisotopic (exact) mass is 824 g/mol. The Morgan fingerprint density at radius 1 is 0.544 bits per heavy atom. The summed E-state index contributed by atoms with van der Waals surface area (Å²) in [6, 6.07) is 0. The Hall–Kier alpha value is -2.03. The van der Waals surface area contributed by atoms with Crippen LogP contribution in [0.4, 0.5) is 0 Å². The number of carbonyl (C=O) groups excluding carboxylic acids is 2. The first-order chi connectivity index (χ1) is 27.8. The van der Waals surface area contributed by atoms with E-state index in [1.165, 1.54) is 116 Å². The van der Waals surface area contributed by atoms with Gasteiger partial charge in [-0.15, -0.1) is 0 Å². The first-order valence-corrected chi connectivity index (χ1v) is 24.6. The third kappa shape index (κ3) is 43.4. The summed E-state index contributed by atoms with van der Waals surface area (Å²) >= 11 is 0. The molecule has 3 N–H and O–H groups in total. The van der Waals surface area contributed by atoms with Crippen LogP contribution in [0.5, 0.6) is 0 Å². The summed E-state index contributed by atoms with van der Waals surface area (Å²) in [7, 11) is -4.39. The molecule has 2 atom stereocenters. The molecule has 0 fully saturated rings. The molecule has 0 aromatic heterocycles. The first kappa shape index (κ1) is 55.0. The lowest BCUT2D eigenvalue weighted by molar-refractivity contribution is -0.161. The Bertz CT molecular complexity index is 1080. The van der Waals surface area contributed by atoms with Gasteiger partial charge in [-0.2, -0.15) is 0 Å². The van der Waals surface area contributed by atoms with Crippen molar-refractivity contribution in [1.29, 1.82) is 0 Å². The predicted octanol–water partition coefficient (Wildman–Crippen LogP) is 13.5. The summed E-state index contributed by atoms with van der Waals surface area (Å²) in [5.74, 6) is -0.872. The molecular formula is C47H86NO8P. The van der Waals surface area contributed by atoms with Crippen molar-refractivity contribution in [3.63, 3.8) is 0 Å². The maximum absolute atomic E-state index is 12.6. The Kier molecular flexibility index (Phi) is 42.0. The molecule has 332 valence electrons. The number of unbranched alkanes of at least 4 members (excludes halogenated alkanes) is 22. The minimum atomic E-state index is -4.39. The minimum Gasteiger partial charge on any atom is -0.462 e. The SMILES string of the molecule is CC/C=C/C/C=C/C/C=C/C/C=C/CCCCC(=O)O[C@@H](COC(=O)CCCCCCCCCCCCCCCCCCCCCCC)COP(=O)(O)OCCN. The van der Waals surface area contributed by atoms with Gasteiger partial charge in [0.2, 0.25) is 0 Å². The number of ether oxygens (including phenoxy) is 2. The fourth-order valence-corrected chi connectivity index (χ4v) is 7.10. The lowest BCUT2D eigenvalue weighted by atomic mass is 10.0. The number of rotatable bonds is 43. The van der Waals surface area contributed by atoms with Gasteiger partial charge < -0.3 is 20.1 Å². The zero-order valence-corrected chi connectivity index (χ0v) is 37.5. The molecule has 0 aliphatic carbocycles. The fraction of sp³-hybridized carbons (Fsp3) is 0.787. The van der Waals surface area contributed by atoms with Crippen LogP contribution in [0.3, 0.4) is 0 Å². The van der Waals surface area contributed by atoms with Gasteiger partial charge in [-0.3, -0.25) is 18.6 Å². The van der Waals surface area contributed by atoms with Crippen LogP contribution in [0.25, 0.3) is 0 Å². The molecule has 0 aromatic rings. The number of hydrogen-bond donors (Lipinski definition) is 2. The van der Waals surface area contributed by atoms with E-state index in [2.05, 4.69) is 62.5 Å². The van der Waals surface area contributed by atoms with Crippen LogP contribution >= 0.6 is 7.82 Å². The van der Waals surface area contributed by atoms with E-state index in [4.69, 9.17) is 24.3 Å². The van der Waals surface area contributed by atoms with Crippen LogP contribution in [-0.2, 0) is 32.7 Å². The summed E-state index contributed by atoms with van der Waals surface area (Å²) in [6.45, 7) is 3.59. The van der Waals surface area contributed by atoms with Crippen molar-refractivity contribution in [3.05, 3.63) is 48.6 Å². The molecule has 0 aliphatic heterocycles. The second-order valence-corrected chi connectivity index (χ2v) is 16.7. The van der Waals surface area contributed by atoms with Gasteiger partial charge in [0.05, 0.1) is 13.2 Å². The average Bonchev–Trinajstić information content (AvgIpc) is 3.20. The van der Waals surface area contributed by atoms with E-state index in [9.17, 15) is 19.0 Å². The lowest BCUT2D eigenvalue weighted by Gasteiger charge is -2.19. The molecule has 0 aliphatic rings. The number of allylic oxidation sites excluding steroid dienone is 8. The van der Waals surface area contributed by atoms with Crippen molar-refractivity contribution in [2.45, 2.75) is 213 Å². The van der Waals surface area contributed by atoms with Crippen LogP contribution in [0.15, 0.2) is 48.6 Å². The van der Waals surface area contributed by atoms with E-state index >= 15 is 0 Å². The largest absolute Gasteiger partial charge is 0.472 e. The zero-order valence-electron chi connectivity index (χ0n) is 36.6. The Labute approximate surface area is 349 Å². The number of phosphoric ester groups is 1. The van der Waals surface area contributed by atoms with E-state index in [0.29, 0.717) is 6.42 Å². The molecule has 1 unspecified atom stereocenters. The molecule has 9 nitrogen and oxygen atoms in total. The van der Waals surface area contributed by atoms with Gasteiger partial charge >= 0.3 is 19.8 Å². The third-order valence-corrected chi connectivity index (χ3v) is 10.7. The van der Waals surface area contributed by atoms with Gasteiger partial charge in [-0.1, -0.05) is 191 Å². The molecule has 0 rings (SSSR count). The number of esters is 2. The maximum atomic E-state index is 12.6. The van der Waals surface area contributed by atoms with Gasteiger partial charge in [0.25, 0.3) is 0 Å². The molecule has 0 spiro atoms. The number of carbonyl (C=O) groups is 2. The van der Waals surface area contributed by atoms with Crippen molar-refractivity contribution in [3.8, 4) is 0 Å². The van der Waals surface area contributed by atoms with Crippen LogP contribution < -0.4 is 5.73 Å². The Morgan fingerprint density at radius 2 is 0.965 bits per heavy atom. The maximum Gasteiger partial charge on any atom is 0.472 e. The molecule has 0 amide bonds. The van der Waals surface area contributed by atoms with Gasteiger partial charge in [0.15, 0.2) is 6.10 Å². The van der Waals surface area contributed by atoms with E-state index in [1.807, 2.05) is 0 Å². The smallest absolute Gasteiger partial charge is 0.462 e. The minimum absolute atomic E-state index is 0.0460. The molecule has 0 heterocycles. The summed E-state index contributed by atoms with van der Waals surface area (Å²) in [5, 5.41) is 0. The summed E-state index contributed by atoms with van der Waals surface area (Å²) in [6.07, 6.45) is 50.1. The highest BCUT2D eigenvalue weighted by Gasteiger charge is 2.26.